The second-order valence-corrected chi connectivity index (χ2v) is 16.3. The molecule has 0 unspecified atom stereocenters. The van der Waals surface area contributed by atoms with Crippen molar-refractivity contribution in [3.8, 4) is 33.4 Å². The lowest BCUT2D eigenvalue weighted by atomic mass is 9.79. The molecule has 11 rings (SSSR count). The molecule has 0 atom stereocenters. The van der Waals surface area contributed by atoms with Crippen LogP contribution in [0.2, 0.25) is 0 Å². The first kappa shape index (κ1) is 32.0. The highest BCUT2D eigenvalue weighted by Gasteiger charge is 2.38. The molecule has 0 spiro atoms. The molecule has 0 N–H and O–H groups in total. The minimum absolute atomic E-state index is 0.128. The molecule has 0 fully saturated rings. The fourth-order valence-corrected chi connectivity index (χ4v) is 10.6. The fourth-order valence-electron chi connectivity index (χ4n) is 9.44. The average molecular weight is 720 g/mol. The summed E-state index contributed by atoms with van der Waals surface area (Å²) in [6.07, 6.45) is 0. The molecule has 55 heavy (non-hydrogen) atoms. The number of hydrogen-bond acceptors (Lipinski definition) is 2. The average Bonchev–Trinajstić information content (AvgIpc) is 3.74. The lowest BCUT2D eigenvalue weighted by Crippen LogP contribution is -2.15. The summed E-state index contributed by atoms with van der Waals surface area (Å²) in [5.74, 6) is 0. The third kappa shape index (κ3) is 4.78. The van der Waals surface area contributed by atoms with E-state index in [1.165, 1.54) is 91.9 Å². The minimum Gasteiger partial charge on any atom is -0.309 e. The largest absolute Gasteiger partial charge is 0.309 e. The molecule has 0 saturated carbocycles. The van der Waals surface area contributed by atoms with Crippen LogP contribution in [0.1, 0.15) is 25.0 Å². The molecule has 0 aliphatic heterocycles. The number of para-hydroxylation sites is 1. The van der Waals surface area contributed by atoms with Crippen LogP contribution in [-0.4, -0.2) is 0 Å². The number of benzene rings is 9. The number of nitrogens with zero attached hydrogens (tertiary/aromatic N) is 1. The van der Waals surface area contributed by atoms with Gasteiger partial charge in [-0.1, -0.05) is 166 Å². The van der Waals surface area contributed by atoms with Crippen LogP contribution in [0.25, 0.3) is 75.1 Å². The van der Waals surface area contributed by atoms with Gasteiger partial charge >= 0.3 is 0 Å². The second kappa shape index (κ2) is 12.3. The number of fused-ring (bicyclic) bond motifs is 9. The van der Waals surface area contributed by atoms with Crippen LogP contribution < -0.4 is 4.90 Å². The molecule has 0 bridgehead atoms. The Morgan fingerprint density at radius 1 is 0.418 bits per heavy atom. The molecule has 1 aromatic heterocycles. The normalized spacial score (nSPS) is 13.1. The van der Waals surface area contributed by atoms with E-state index in [0.29, 0.717) is 0 Å². The van der Waals surface area contributed by atoms with E-state index in [2.05, 4.69) is 207 Å². The Hall–Kier alpha value is -6.48. The van der Waals surface area contributed by atoms with E-state index in [-0.39, 0.29) is 5.41 Å². The Kier molecular flexibility index (Phi) is 7.14. The maximum Gasteiger partial charge on any atom is 0.0555 e. The van der Waals surface area contributed by atoms with Gasteiger partial charge in [0.2, 0.25) is 0 Å². The SMILES string of the molecule is CC1(C)c2ccccc2-c2c(-c3ccc(N(c4ccccc4-c4ccccc4)c4cccc5sc6ccccc6c45)c4ccccc34)cc3ccccc3c21. The van der Waals surface area contributed by atoms with Gasteiger partial charge in [0.05, 0.1) is 17.1 Å². The van der Waals surface area contributed by atoms with Gasteiger partial charge in [-0.25, -0.2) is 0 Å². The van der Waals surface area contributed by atoms with Crippen molar-refractivity contribution in [3.63, 3.8) is 0 Å². The summed E-state index contributed by atoms with van der Waals surface area (Å²) in [6, 6.07) is 69.5. The Bertz CT molecular complexity index is 3130. The Morgan fingerprint density at radius 2 is 1.05 bits per heavy atom. The molecule has 2 heteroatoms. The molecule has 10 aromatic rings. The van der Waals surface area contributed by atoms with Crippen LogP contribution in [0.5, 0.6) is 0 Å². The third-order valence-electron chi connectivity index (χ3n) is 11.8. The van der Waals surface area contributed by atoms with Crippen LogP contribution in [0, 0.1) is 0 Å². The Labute approximate surface area is 325 Å². The summed E-state index contributed by atoms with van der Waals surface area (Å²) < 4.78 is 2.59. The van der Waals surface area contributed by atoms with Gasteiger partial charge in [0, 0.05) is 36.5 Å². The first-order valence-electron chi connectivity index (χ1n) is 19.1. The molecule has 0 radical (unpaired) electrons. The van der Waals surface area contributed by atoms with Crippen molar-refractivity contribution in [2.75, 3.05) is 4.90 Å². The highest BCUT2D eigenvalue weighted by atomic mass is 32.1. The highest BCUT2D eigenvalue weighted by Crippen LogP contribution is 2.56. The summed E-state index contributed by atoms with van der Waals surface area (Å²) in [5, 5.41) is 7.64. The van der Waals surface area contributed by atoms with Crippen LogP contribution >= 0.6 is 11.3 Å². The van der Waals surface area contributed by atoms with Crippen molar-refractivity contribution in [1.29, 1.82) is 0 Å². The standard InChI is InChI=1S/C53H37NS/c1-53(2)44-26-13-10-24-41(44)50-43(33-35-19-6-7-21-37(35)52(50)53)39-31-32-46(40-23-9-8-22-38(39)40)54(45-27-14-11-20-36(45)34-17-4-3-5-18-34)47-28-16-30-49-51(47)42-25-12-15-29-48(42)55-49/h3-33H,1-2H3. The lowest BCUT2D eigenvalue weighted by Gasteiger charge is -2.30. The van der Waals surface area contributed by atoms with Crippen molar-refractivity contribution in [1.82, 2.24) is 0 Å². The van der Waals surface area contributed by atoms with Gasteiger partial charge in [0.1, 0.15) is 0 Å². The van der Waals surface area contributed by atoms with E-state index < -0.39 is 0 Å². The Balaban J connectivity index is 1.23. The quantitative estimate of drug-likeness (QED) is 0.171. The molecule has 1 aliphatic carbocycles. The van der Waals surface area contributed by atoms with E-state index >= 15 is 0 Å². The first-order chi connectivity index (χ1) is 27.1. The number of thiophene rings is 1. The van der Waals surface area contributed by atoms with Crippen LogP contribution in [0.4, 0.5) is 17.1 Å². The molecule has 1 aliphatic rings. The number of hydrogen-bond donors (Lipinski definition) is 0. The summed E-state index contributed by atoms with van der Waals surface area (Å²) in [5.41, 5.74) is 13.8. The van der Waals surface area contributed by atoms with Gasteiger partial charge in [-0.05, 0) is 91.5 Å². The minimum atomic E-state index is -0.128. The highest BCUT2D eigenvalue weighted by molar-refractivity contribution is 7.26. The molecular weight excluding hydrogens is 683 g/mol. The summed E-state index contributed by atoms with van der Waals surface area (Å²) >= 11 is 1.87. The summed E-state index contributed by atoms with van der Waals surface area (Å²) in [4.78, 5) is 2.53. The monoisotopic (exact) mass is 719 g/mol. The predicted octanol–water partition coefficient (Wildman–Crippen LogP) is 15.5. The van der Waals surface area contributed by atoms with Crippen molar-refractivity contribution in [2.45, 2.75) is 19.3 Å². The van der Waals surface area contributed by atoms with E-state index in [4.69, 9.17) is 0 Å². The summed E-state index contributed by atoms with van der Waals surface area (Å²) in [6.45, 7) is 4.79. The van der Waals surface area contributed by atoms with Gasteiger partial charge in [-0.15, -0.1) is 11.3 Å². The van der Waals surface area contributed by atoms with Crippen molar-refractivity contribution >= 4 is 70.1 Å². The zero-order chi connectivity index (χ0) is 36.7. The van der Waals surface area contributed by atoms with Crippen molar-refractivity contribution in [2.24, 2.45) is 0 Å². The number of anilines is 3. The van der Waals surface area contributed by atoms with Gasteiger partial charge in [0.25, 0.3) is 0 Å². The van der Waals surface area contributed by atoms with Gasteiger partial charge in [-0.2, -0.15) is 0 Å². The predicted molar refractivity (Wildman–Crippen MR) is 237 cm³/mol. The van der Waals surface area contributed by atoms with Crippen molar-refractivity contribution in [3.05, 3.63) is 199 Å². The molecular formula is C53H37NS. The molecule has 0 amide bonds. The van der Waals surface area contributed by atoms with E-state index in [1.54, 1.807) is 0 Å². The number of rotatable bonds is 5. The Morgan fingerprint density at radius 3 is 1.91 bits per heavy atom. The molecule has 9 aromatic carbocycles. The van der Waals surface area contributed by atoms with E-state index in [1.807, 2.05) is 11.3 Å². The first-order valence-corrected chi connectivity index (χ1v) is 19.9. The van der Waals surface area contributed by atoms with Crippen molar-refractivity contribution < 1.29 is 0 Å². The van der Waals surface area contributed by atoms with E-state index in [9.17, 15) is 0 Å². The topological polar surface area (TPSA) is 3.24 Å². The van der Waals surface area contributed by atoms with E-state index in [0.717, 1.165) is 11.4 Å². The zero-order valence-corrected chi connectivity index (χ0v) is 31.6. The smallest absolute Gasteiger partial charge is 0.0555 e. The zero-order valence-electron chi connectivity index (χ0n) is 30.8. The summed E-state index contributed by atoms with van der Waals surface area (Å²) in [7, 11) is 0. The van der Waals surface area contributed by atoms with Gasteiger partial charge < -0.3 is 4.90 Å². The fraction of sp³-hybridized carbons (Fsp3) is 0.0566. The van der Waals surface area contributed by atoms with Crippen LogP contribution in [-0.2, 0) is 5.41 Å². The maximum atomic E-state index is 2.53. The van der Waals surface area contributed by atoms with Crippen LogP contribution in [0.3, 0.4) is 0 Å². The molecule has 260 valence electrons. The molecule has 1 nitrogen and oxygen atoms in total. The second-order valence-electron chi connectivity index (χ2n) is 15.2. The van der Waals surface area contributed by atoms with Crippen LogP contribution in [0.15, 0.2) is 188 Å². The van der Waals surface area contributed by atoms with Gasteiger partial charge in [-0.3, -0.25) is 0 Å². The maximum absolute atomic E-state index is 2.53. The molecule has 0 saturated heterocycles. The third-order valence-corrected chi connectivity index (χ3v) is 13.0. The lowest BCUT2D eigenvalue weighted by molar-refractivity contribution is 0.666. The molecule has 1 heterocycles. The van der Waals surface area contributed by atoms with Gasteiger partial charge in [0.15, 0.2) is 0 Å².